The van der Waals surface area contributed by atoms with Crippen molar-refractivity contribution in [2.45, 2.75) is 32.0 Å². The van der Waals surface area contributed by atoms with E-state index < -0.39 is 12.9 Å². The van der Waals surface area contributed by atoms with Gasteiger partial charge in [-0.1, -0.05) is 6.92 Å². The minimum Gasteiger partial charge on any atom is -0.806 e. The number of hydrogen-bond acceptors (Lipinski definition) is 3. The van der Waals surface area contributed by atoms with Gasteiger partial charge in [-0.3, -0.25) is 0 Å². The highest BCUT2D eigenvalue weighted by Gasteiger charge is 2.25. The van der Waals surface area contributed by atoms with Gasteiger partial charge in [0, 0.05) is 6.42 Å². The van der Waals surface area contributed by atoms with E-state index in [4.69, 9.17) is 0 Å². The molecule has 0 radical (unpaired) electrons. The first-order valence-electron chi connectivity index (χ1n) is 3.19. The van der Waals surface area contributed by atoms with Crippen LogP contribution in [0.25, 0.3) is 0 Å². The lowest BCUT2D eigenvalue weighted by Gasteiger charge is -2.41. The minimum atomic E-state index is -4.50. The van der Waals surface area contributed by atoms with E-state index in [9.17, 15) is 14.4 Å². The molecule has 0 heterocycles. The van der Waals surface area contributed by atoms with Gasteiger partial charge in [0.2, 0.25) is 0 Å². The van der Waals surface area contributed by atoms with Crippen LogP contribution in [0.4, 0.5) is 0 Å². The Hall–Kier alpha value is 0.110. The van der Waals surface area contributed by atoms with Crippen LogP contribution in [0.5, 0.6) is 0 Å². The summed E-state index contributed by atoms with van der Waals surface area (Å²) in [4.78, 5) is 20.9. The molecule has 0 rings (SSSR count). The predicted octanol–water partition coefficient (Wildman–Crippen LogP) is -1.34. The van der Waals surface area contributed by atoms with Gasteiger partial charge in [-0.15, -0.1) is 0 Å². The Labute approximate surface area is 60.6 Å². The summed E-state index contributed by atoms with van der Waals surface area (Å²) in [5, 5.41) is -1.32. The van der Waals surface area contributed by atoms with Crippen LogP contribution in [0, 0.1) is 0 Å². The van der Waals surface area contributed by atoms with E-state index in [2.05, 4.69) is 5.73 Å². The Morgan fingerprint density at radius 3 is 2.10 bits per heavy atom. The first kappa shape index (κ1) is 10.1. The van der Waals surface area contributed by atoms with Crippen molar-refractivity contribution >= 4 is 7.60 Å². The molecule has 0 spiro atoms. The van der Waals surface area contributed by atoms with Crippen LogP contribution in [-0.2, 0) is 4.57 Å². The Morgan fingerprint density at radius 1 is 1.60 bits per heavy atom. The molecule has 10 heavy (non-hydrogen) atoms. The van der Waals surface area contributed by atoms with E-state index >= 15 is 0 Å². The molecule has 0 amide bonds. The zero-order valence-electron chi connectivity index (χ0n) is 6.29. The Kier molecular flexibility index (Phi) is 3.04. The van der Waals surface area contributed by atoms with Crippen LogP contribution in [0.15, 0.2) is 0 Å². The maximum atomic E-state index is 10.5. The largest absolute Gasteiger partial charge is 0.806 e. The lowest BCUT2D eigenvalue weighted by molar-refractivity contribution is -0.472. The van der Waals surface area contributed by atoms with E-state index in [0.717, 1.165) is 0 Å². The summed E-state index contributed by atoms with van der Waals surface area (Å²) >= 11 is 0. The molecular weight excluding hydrogens is 153 g/mol. The highest BCUT2D eigenvalue weighted by Crippen LogP contribution is 2.39. The summed E-state index contributed by atoms with van der Waals surface area (Å²) < 4.78 is 10.5. The summed E-state index contributed by atoms with van der Waals surface area (Å²) in [6, 6.07) is 0. The van der Waals surface area contributed by atoms with Gasteiger partial charge in [0.1, 0.15) is 5.28 Å². The van der Waals surface area contributed by atoms with Crippen LogP contribution in [0.2, 0.25) is 0 Å². The van der Waals surface area contributed by atoms with Crippen molar-refractivity contribution in [3.63, 3.8) is 0 Å². The highest BCUT2D eigenvalue weighted by molar-refractivity contribution is 7.50. The van der Waals surface area contributed by atoms with E-state index in [0.29, 0.717) is 12.8 Å². The molecule has 0 aromatic heterocycles. The fourth-order valence-electron chi connectivity index (χ4n) is 0.676. The van der Waals surface area contributed by atoms with Gasteiger partial charge >= 0.3 is 0 Å². The topological polar surface area (TPSA) is 90.8 Å². The lowest BCUT2D eigenvalue weighted by atomic mass is 10.2. The fourth-order valence-corrected chi connectivity index (χ4v) is 1.17. The minimum absolute atomic E-state index is 0.331. The van der Waals surface area contributed by atoms with Crippen molar-refractivity contribution in [2.24, 2.45) is 0 Å². The van der Waals surface area contributed by atoms with Crippen molar-refractivity contribution in [1.29, 1.82) is 0 Å². The molecular formula is C5H13NO3P-. The van der Waals surface area contributed by atoms with E-state index in [1.807, 2.05) is 6.92 Å². The van der Waals surface area contributed by atoms with Gasteiger partial charge in [0.05, 0.1) is 0 Å². The van der Waals surface area contributed by atoms with Crippen LogP contribution < -0.4 is 15.5 Å². The molecule has 1 atom stereocenters. The first-order chi connectivity index (χ1) is 4.31. The lowest BCUT2D eigenvalue weighted by Crippen LogP contribution is -2.72. The van der Waals surface area contributed by atoms with Crippen molar-refractivity contribution in [3.05, 3.63) is 0 Å². The van der Waals surface area contributed by atoms with E-state index in [-0.39, 0.29) is 0 Å². The zero-order chi connectivity index (χ0) is 8.41. The van der Waals surface area contributed by atoms with Crippen LogP contribution in [-0.4, -0.2) is 5.28 Å². The average Bonchev–Trinajstić information content (AvgIpc) is 1.61. The highest BCUT2D eigenvalue weighted by atomic mass is 31.2. The van der Waals surface area contributed by atoms with Crippen molar-refractivity contribution < 1.29 is 20.1 Å². The van der Waals surface area contributed by atoms with Crippen molar-refractivity contribution in [1.82, 2.24) is 0 Å². The summed E-state index contributed by atoms with van der Waals surface area (Å²) in [5.74, 6) is 0. The third kappa shape index (κ3) is 2.39. The summed E-state index contributed by atoms with van der Waals surface area (Å²) in [5.41, 5.74) is 3.34. The molecule has 0 aromatic carbocycles. The molecule has 3 N–H and O–H groups in total. The van der Waals surface area contributed by atoms with Gasteiger partial charge < -0.3 is 20.1 Å². The maximum Gasteiger partial charge on any atom is 0.117 e. The quantitative estimate of drug-likeness (QED) is 0.526. The number of hydrogen-bond donors (Lipinski definition) is 1. The molecule has 4 nitrogen and oxygen atoms in total. The summed E-state index contributed by atoms with van der Waals surface area (Å²) in [6.07, 6.45) is 0.992. The third-order valence-corrected chi connectivity index (χ3v) is 3.00. The molecule has 0 fully saturated rings. The van der Waals surface area contributed by atoms with Crippen molar-refractivity contribution in [2.75, 3.05) is 0 Å². The smallest absolute Gasteiger partial charge is 0.117 e. The molecule has 0 saturated carbocycles. The Balaban J connectivity index is 4.25. The molecule has 0 aliphatic carbocycles. The Morgan fingerprint density at radius 2 is 2.00 bits per heavy atom. The standard InChI is InChI=1S/C5H14NO3P/c1-3-4-5(2,6)10(7,8)9/h3-4,6H2,1-2H3,(H2,7,8,9)/p-1/t5-/m0/s1. The second-order valence-corrected chi connectivity index (χ2v) is 4.82. The number of quaternary nitrogens is 1. The molecule has 5 heteroatoms. The van der Waals surface area contributed by atoms with Crippen LogP contribution in [0.1, 0.15) is 26.7 Å². The molecule has 0 aliphatic heterocycles. The average molecular weight is 166 g/mol. The second kappa shape index (κ2) is 3.01. The van der Waals surface area contributed by atoms with Crippen LogP contribution >= 0.6 is 7.60 Å². The predicted molar refractivity (Wildman–Crippen MR) is 33.8 cm³/mol. The van der Waals surface area contributed by atoms with Gasteiger partial charge in [0.25, 0.3) is 0 Å². The monoisotopic (exact) mass is 166 g/mol. The molecule has 0 bridgehead atoms. The van der Waals surface area contributed by atoms with E-state index in [1.54, 1.807) is 0 Å². The summed E-state index contributed by atoms with van der Waals surface area (Å²) in [6.45, 7) is 3.18. The summed E-state index contributed by atoms with van der Waals surface area (Å²) in [7, 11) is -4.50. The fraction of sp³-hybridized carbons (Fsp3) is 1.00. The molecule has 0 aromatic rings. The van der Waals surface area contributed by atoms with Crippen LogP contribution in [0.3, 0.4) is 0 Å². The normalized spacial score (nSPS) is 18.5. The maximum absolute atomic E-state index is 10.5. The van der Waals surface area contributed by atoms with Gasteiger partial charge in [-0.2, -0.15) is 0 Å². The SMILES string of the molecule is CCC[C@@](C)([NH3+])P(=O)([O-])[O-]. The van der Waals surface area contributed by atoms with Gasteiger partial charge in [-0.25, -0.2) is 0 Å². The van der Waals surface area contributed by atoms with E-state index in [1.165, 1.54) is 6.92 Å². The number of rotatable bonds is 3. The Bertz CT molecular complexity index is 151. The second-order valence-electron chi connectivity index (χ2n) is 2.74. The molecule has 0 saturated heterocycles. The first-order valence-corrected chi connectivity index (χ1v) is 4.73. The van der Waals surface area contributed by atoms with Gasteiger partial charge in [0.15, 0.2) is 0 Å². The molecule has 62 valence electrons. The zero-order valence-corrected chi connectivity index (χ0v) is 7.19. The van der Waals surface area contributed by atoms with Gasteiger partial charge in [-0.05, 0) is 20.9 Å². The van der Waals surface area contributed by atoms with Crippen molar-refractivity contribution in [3.8, 4) is 0 Å². The molecule has 0 unspecified atom stereocenters. The molecule has 0 aliphatic rings. The third-order valence-electron chi connectivity index (χ3n) is 1.45.